The van der Waals surface area contributed by atoms with Gasteiger partial charge in [0.15, 0.2) is 0 Å². The molecular formula is C24H26Cl2N2O3S2. The molecule has 9 heteroatoms. The number of rotatable bonds is 9. The number of halogens is 2. The summed E-state index contributed by atoms with van der Waals surface area (Å²) in [5.74, 6) is -0.290. The van der Waals surface area contributed by atoms with Crippen LogP contribution in [-0.2, 0) is 27.9 Å². The van der Waals surface area contributed by atoms with Crippen molar-refractivity contribution >= 4 is 50.5 Å². The summed E-state index contributed by atoms with van der Waals surface area (Å²) in [6.45, 7) is 5.94. The summed E-state index contributed by atoms with van der Waals surface area (Å²) in [7, 11) is -4.05. The minimum atomic E-state index is -4.05. The second kappa shape index (κ2) is 11.0. The summed E-state index contributed by atoms with van der Waals surface area (Å²) in [4.78, 5) is 16.1. The Labute approximate surface area is 209 Å². The molecule has 0 saturated heterocycles. The number of sulfonamides is 1. The zero-order valence-electron chi connectivity index (χ0n) is 18.7. The number of hydrogen-bond donors (Lipinski definition) is 0. The van der Waals surface area contributed by atoms with E-state index in [0.717, 1.165) is 16.0 Å². The van der Waals surface area contributed by atoms with Crippen molar-refractivity contribution in [2.24, 2.45) is 0 Å². The van der Waals surface area contributed by atoms with E-state index < -0.39 is 16.1 Å². The van der Waals surface area contributed by atoms with E-state index in [1.54, 1.807) is 30.1 Å². The van der Waals surface area contributed by atoms with Gasteiger partial charge in [0.05, 0.1) is 18.1 Å². The van der Waals surface area contributed by atoms with Gasteiger partial charge in [-0.05, 0) is 61.5 Å². The minimum absolute atomic E-state index is 0.0628. The van der Waals surface area contributed by atoms with Gasteiger partial charge in [-0.1, -0.05) is 53.5 Å². The molecule has 33 heavy (non-hydrogen) atoms. The van der Waals surface area contributed by atoms with E-state index in [1.807, 2.05) is 48.7 Å². The third kappa shape index (κ3) is 6.37. The van der Waals surface area contributed by atoms with E-state index in [1.165, 1.54) is 22.5 Å². The molecule has 0 aliphatic carbocycles. The molecule has 2 aromatic carbocycles. The van der Waals surface area contributed by atoms with Gasteiger partial charge >= 0.3 is 0 Å². The molecule has 3 aromatic rings. The molecule has 0 aliphatic heterocycles. The second-order valence-corrected chi connectivity index (χ2v) is 11.7. The van der Waals surface area contributed by atoms with Crippen molar-refractivity contribution in [3.63, 3.8) is 0 Å². The highest BCUT2D eigenvalue weighted by Crippen LogP contribution is 2.29. The van der Waals surface area contributed by atoms with Crippen molar-refractivity contribution in [1.82, 2.24) is 9.21 Å². The third-order valence-electron chi connectivity index (χ3n) is 5.22. The molecule has 0 saturated carbocycles. The van der Waals surface area contributed by atoms with Crippen LogP contribution in [-0.4, -0.2) is 36.1 Å². The van der Waals surface area contributed by atoms with Gasteiger partial charge in [-0.15, -0.1) is 11.3 Å². The van der Waals surface area contributed by atoms with Gasteiger partial charge in [0.2, 0.25) is 15.9 Å². The van der Waals surface area contributed by atoms with Crippen LogP contribution in [0.1, 0.15) is 29.9 Å². The van der Waals surface area contributed by atoms with E-state index >= 15 is 0 Å². The van der Waals surface area contributed by atoms with Crippen LogP contribution in [0.15, 0.2) is 64.9 Å². The molecule has 1 aromatic heterocycles. The van der Waals surface area contributed by atoms with Gasteiger partial charge in [-0.25, -0.2) is 8.42 Å². The molecule has 0 spiro atoms. The summed E-state index contributed by atoms with van der Waals surface area (Å²) in [6, 6.07) is 15.5. The Kier molecular flexibility index (Phi) is 8.59. The van der Waals surface area contributed by atoms with Crippen molar-refractivity contribution in [2.45, 2.75) is 44.8 Å². The topological polar surface area (TPSA) is 57.7 Å². The fourth-order valence-electron chi connectivity index (χ4n) is 3.36. The van der Waals surface area contributed by atoms with Crippen LogP contribution in [0.2, 0.25) is 10.0 Å². The van der Waals surface area contributed by atoms with Crippen LogP contribution in [0.4, 0.5) is 0 Å². The monoisotopic (exact) mass is 524 g/mol. The van der Waals surface area contributed by atoms with E-state index in [4.69, 9.17) is 23.2 Å². The van der Waals surface area contributed by atoms with E-state index in [2.05, 4.69) is 0 Å². The Morgan fingerprint density at radius 1 is 1.03 bits per heavy atom. The number of benzene rings is 2. The molecule has 0 unspecified atom stereocenters. The zero-order chi connectivity index (χ0) is 24.2. The van der Waals surface area contributed by atoms with Gasteiger partial charge in [0.25, 0.3) is 0 Å². The van der Waals surface area contributed by atoms with Crippen LogP contribution in [0.5, 0.6) is 0 Å². The molecule has 0 bridgehead atoms. The first-order valence-corrected chi connectivity index (χ1v) is 13.5. The van der Waals surface area contributed by atoms with E-state index in [0.29, 0.717) is 13.1 Å². The summed E-state index contributed by atoms with van der Waals surface area (Å²) in [5.41, 5.74) is 2.07. The first-order chi connectivity index (χ1) is 15.6. The fourth-order valence-corrected chi connectivity index (χ4v) is 6.60. The van der Waals surface area contributed by atoms with Gasteiger partial charge in [-0.3, -0.25) is 4.79 Å². The maximum absolute atomic E-state index is 13.5. The lowest BCUT2D eigenvalue weighted by atomic mass is 10.2. The van der Waals surface area contributed by atoms with Crippen molar-refractivity contribution in [1.29, 1.82) is 0 Å². The second-order valence-electron chi connectivity index (χ2n) is 7.98. The van der Waals surface area contributed by atoms with Gasteiger partial charge in [-0.2, -0.15) is 4.31 Å². The predicted molar refractivity (Wildman–Crippen MR) is 135 cm³/mol. The molecule has 0 N–H and O–H groups in total. The number of amides is 1. The highest BCUT2D eigenvalue weighted by Gasteiger charge is 2.32. The number of aryl methyl sites for hydroxylation is 1. The van der Waals surface area contributed by atoms with Crippen molar-refractivity contribution in [3.8, 4) is 0 Å². The maximum Gasteiger partial charge on any atom is 0.245 e. The molecule has 3 rings (SSSR count). The van der Waals surface area contributed by atoms with Gasteiger partial charge in [0, 0.05) is 22.5 Å². The van der Waals surface area contributed by atoms with Gasteiger partial charge in [0.1, 0.15) is 4.90 Å². The zero-order valence-corrected chi connectivity index (χ0v) is 21.8. The van der Waals surface area contributed by atoms with E-state index in [9.17, 15) is 13.2 Å². The molecule has 0 aliphatic rings. The Morgan fingerprint density at radius 2 is 1.73 bits per heavy atom. The summed E-state index contributed by atoms with van der Waals surface area (Å²) in [6.07, 6.45) is 0. The van der Waals surface area contributed by atoms with Crippen LogP contribution in [0.25, 0.3) is 0 Å². The lowest BCUT2D eigenvalue weighted by Crippen LogP contribution is -2.45. The first-order valence-electron chi connectivity index (χ1n) is 10.4. The smallest absolute Gasteiger partial charge is 0.245 e. The molecule has 1 amide bonds. The average Bonchev–Trinajstić information content (AvgIpc) is 3.17. The molecule has 0 atom stereocenters. The Hall–Kier alpha value is -1.90. The Balaban J connectivity index is 1.91. The first kappa shape index (κ1) is 25.7. The number of thiophene rings is 1. The summed E-state index contributed by atoms with van der Waals surface area (Å²) in [5, 5.41) is 2.31. The lowest BCUT2D eigenvalue weighted by Gasteiger charge is -2.29. The van der Waals surface area contributed by atoms with Crippen LogP contribution >= 0.6 is 34.5 Å². The number of carbonyl (C=O) groups excluding carboxylic acids is 1. The number of nitrogens with zero attached hydrogens (tertiary/aromatic N) is 2. The maximum atomic E-state index is 13.5. The minimum Gasteiger partial charge on any atom is -0.332 e. The standard InChI is InChI=1S/C24H26Cl2N2O3S2/c1-17(2)28(33(30,31)23-13-20(25)9-10-21(23)26)16-24(29)27(14-19-7-5-4-6-8-19)15-22-18(3)11-12-32-22/h4-13,17H,14-16H2,1-3H3. The Bertz CT molecular complexity index is 1210. The average molecular weight is 526 g/mol. The number of carbonyl (C=O) groups is 1. The van der Waals surface area contributed by atoms with Crippen LogP contribution in [0.3, 0.4) is 0 Å². The van der Waals surface area contributed by atoms with E-state index in [-0.39, 0.29) is 27.4 Å². The highest BCUT2D eigenvalue weighted by molar-refractivity contribution is 7.89. The van der Waals surface area contributed by atoms with Gasteiger partial charge < -0.3 is 4.90 Å². The lowest BCUT2D eigenvalue weighted by molar-refractivity contribution is -0.132. The normalized spacial score (nSPS) is 11.8. The quantitative estimate of drug-likeness (QED) is 0.345. The third-order valence-corrected chi connectivity index (χ3v) is 8.96. The highest BCUT2D eigenvalue weighted by atomic mass is 35.5. The SMILES string of the molecule is Cc1ccsc1CN(Cc1ccccc1)C(=O)CN(C(C)C)S(=O)(=O)c1cc(Cl)ccc1Cl. The number of hydrogen-bond acceptors (Lipinski definition) is 4. The molecule has 176 valence electrons. The predicted octanol–water partition coefficient (Wildman–Crippen LogP) is 5.99. The molecule has 5 nitrogen and oxygen atoms in total. The molecule has 1 heterocycles. The fraction of sp³-hybridized carbons (Fsp3) is 0.292. The molecule has 0 fully saturated rings. The van der Waals surface area contributed by atoms with Crippen molar-refractivity contribution in [3.05, 3.63) is 86.0 Å². The summed E-state index contributed by atoms with van der Waals surface area (Å²) < 4.78 is 28.1. The van der Waals surface area contributed by atoms with Crippen LogP contribution in [0, 0.1) is 6.92 Å². The van der Waals surface area contributed by atoms with Crippen molar-refractivity contribution < 1.29 is 13.2 Å². The largest absolute Gasteiger partial charge is 0.332 e. The Morgan fingerprint density at radius 3 is 2.33 bits per heavy atom. The summed E-state index contributed by atoms with van der Waals surface area (Å²) >= 11 is 13.8. The molecule has 0 radical (unpaired) electrons. The van der Waals surface area contributed by atoms with Crippen molar-refractivity contribution in [2.75, 3.05) is 6.54 Å². The molecular weight excluding hydrogens is 499 g/mol. The van der Waals surface area contributed by atoms with Crippen LogP contribution < -0.4 is 0 Å².